The number of hydrogen-bond donors (Lipinski definition) is 0. The van der Waals surface area contributed by atoms with Crippen molar-refractivity contribution in [3.63, 3.8) is 0 Å². The maximum absolute atomic E-state index is 11.7. The van der Waals surface area contributed by atoms with Gasteiger partial charge in [0.05, 0.1) is 6.10 Å². The minimum atomic E-state index is -4.29. The molecular formula is C8H11F3O2. The van der Waals surface area contributed by atoms with Crippen molar-refractivity contribution in [2.24, 2.45) is 0 Å². The van der Waals surface area contributed by atoms with E-state index in [1.807, 2.05) is 0 Å². The summed E-state index contributed by atoms with van der Waals surface area (Å²) in [6, 6.07) is 0. The molecule has 13 heavy (non-hydrogen) atoms. The van der Waals surface area contributed by atoms with Crippen LogP contribution in [0.1, 0.15) is 25.7 Å². The number of halogens is 3. The Morgan fingerprint density at radius 2 is 2.15 bits per heavy atom. The van der Waals surface area contributed by atoms with E-state index in [0.29, 0.717) is 19.3 Å². The summed E-state index contributed by atoms with van der Waals surface area (Å²) in [5, 5.41) is 0. The summed E-state index contributed by atoms with van der Waals surface area (Å²) < 4.78 is 39.7. The Kier molecular flexibility index (Phi) is 3.30. The second-order valence-electron chi connectivity index (χ2n) is 3.18. The van der Waals surface area contributed by atoms with Crippen LogP contribution in [0.2, 0.25) is 0 Å². The van der Waals surface area contributed by atoms with Crippen molar-refractivity contribution in [2.75, 3.05) is 6.61 Å². The minimum absolute atomic E-state index is 0.00146. The smallest absolute Gasteiger partial charge is 0.368 e. The molecule has 0 spiro atoms. The van der Waals surface area contributed by atoms with E-state index in [9.17, 15) is 18.0 Å². The lowest BCUT2D eigenvalue weighted by atomic mass is 9.96. The molecule has 5 heteroatoms. The molecular weight excluding hydrogens is 185 g/mol. The van der Waals surface area contributed by atoms with Crippen molar-refractivity contribution in [3.8, 4) is 0 Å². The number of ketones is 1. The second kappa shape index (κ2) is 4.09. The van der Waals surface area contributed by atoms with Crippen LogP contribution in [0.3, 0.4) is 0 Å². The quantitative estimate of drug-likeness (QED) is 0.675. The lowest BCUT2D eigenvalue weighted by Gasteiger charge is -2.21. The standard InChI is InChI=1S/C8H11F3O2/c9-8(10,11)5-13-7-3-1-2-6(12)4-7/h7H,1-5H2. The van der Waals surface area contributed by atoms with E-state index in [2.05, 4.69) is 4.74 Å². The molecule has 0 amide bonds. The molecule has 1 aliphatic rings. The fourth-order valence-corrected chi connectivity index (χ4v) is 1.34. The highest BCUT2D eigenvalue weighted by Gasteiger charge is 2.30. The number of carbonyl (C=O) groups excluding carboxylic acids is 1. The maximum Gasteiger partial charge on any atom is 0.411 e. The number of hydrogen-bond acceptors (Lipinski definition) is 2. The Labute approximate surface area is 74.1 Å². The van der Waals surface area contributed by atoms with Crippen molar-refractivity contribution >= 4 is 5.78 Å². The largest absolute Gasteiger partial charge is 0.411 e. The van der Waals surface area contributed by atoms with Gasteiger partial charge in [0, 0.05) is 12.8 Å². The van der Waals surface area contributed by atoms with E-state index >= 15 is 0 Å². The molecule has 1 atom stereocenters. The molecule has 0 N–H and O–H groups in total. The molecule has 0 heterocycles. The number of ether oxygens (including phenoxy) is 1. The summed E-state index contributed by atoms with van der Waals surface area (Å²) >= 11 is 0. The van der Waals surface area contributed by atoms with Crippen molar-refractivity contribution in [1.82, 2.24) is 0 Å². The molecule has 0 aromatic rings. The Morgan fingerprint density at radius 3 is 2.69 bits per heavy atom. The van der Waals surface area contributed by atoms with Crippen molar-refractivity contribution in [3.05, 3.63) is 0 Å². The molecule has 1 unspecified atom stereocenters. The Hall–Kier alpha value is -0.580. The van der Waals surface area contributed by atoms with Crippen molar-refractivity contribution in [1.29, 1.82) is 0 Å². The zero-order valence-electron chi connectivity index (χ0n) is 7.06. The van der Waals surface area contributed by atoms with Crippen LogP contribution in [0.5, 0.6) is 0 Å². The topological polar surface area (TPSA) is 26.3 Å². The molecule has 1 saturated carbocycles. The summed E-state index contributed by atoms with van der Waals surface area (Å²) in [6.07, 6.45) is -3.01. The summed E-state index contributed by atoms with van der Waals surface area (Å²) in [5.41, 5.74) is 0. The first-order chi connectivity index (χ1) is 5.97. The van der Waals surface area contributed by atoms with E-state index in [1.165, 1.54) is 0 Å². The van der Waals surface area contributed by atoms with Gasteiger partial charge in [0.15, 0.2) is 0 Å². The number of alkyl halides is 3. The third kappa shape index (κ3) is 4.26. The van der Waals surface area contributed by atoms with E-state index in [-0.39, 0.29) is 12.2 Å². The Morgan fingerprint density at radius 1 is 1.46 bits per heavy atom. The van der Waals surface area contributed by atoms with Crippen LogP contribution in [0.25, 0.3) is 0 Å². The average molecular weight is 196 g/mol. The van der Waals surface area contributed by atoms with E-state index in [1.54, 1.807) is 0 Å². The van der Waals surface area contributed by atoms with Crippen molar-refractivity contribution < 1.29 is 22.7 Å². The average Bonchev–Trinajstić information content (AvgIpc) is 2.00. The number of rotatable bonds is 2. The molecule has 76 valence electrons. The summed E-state index contributed by atoms with van der Waals surface area (Å²) in [7, 11) is 0. The monoisotopic (exact) mass is 196 g/mol. The Bertz CT molecular complexity index is 188. The molecule has 0 aromatic carbocycles. The van der Waals surface area contributed by atoms with Gasteiger partial charge < -0.3 is 4.74 Å². The predicted molar refractivity (Wildman–Crippen MR) is 39.3 cm³/mol. The third-order valence-corrected chi connectivity index (χ3v) is 1.92. The number of Topliss-reactive ketones (excluding diaryl/α,β-unsaturated/α-hetero) is 1. The van der Waals surface area contributed by atoms with Crippen LogP contribution in [0.4, 0.5) is 13.2 Å². The molecule has 1 aliphatic carbocycles. The predicted octanol–water partition coefficient (Wildman–Crippen LogP) is 2.08. The van der Waals surface area contributed by atoms with E-state index in [4.69, 9.17) is 0 Å². The van der Waals surface area contributed by atoms with Crippen LogP contribution in [0.15, 0.2) is 0 Å². The highest BCUT2D eigenvalue weighted by atomic mass is 19.4. The first-order valence-corrected chi connectivity index (χ1v) is 4.17. The molecule has 1 fully saturated rings. The Balaban J connectivity index is 2.25. The third-order valence-electron chi connectivity index (χ3n) is 1.92. The van der Waals surface area contributed by atoms with Crippen LogP contribution in [0, 0.1) is 0 Å². The summed E-state index contributed by atoms with van der Waals surface area (Å²) in [6.45, 7) is -1.25. The van der Waals surface area contributed by atoms with Gasteiger partial charge in [-0.25, -0.2) is 0 Å². The molecule has 0 bridgehead atoms. The lowest BCUT2D eigenvalue weighted by Crippen LogP contribution is -2.27. The molecule has 2 nitrogen and oxygen atoms in total. The fourth-order valence-electron chi connectivity index (χ4n) is 1.34. The SMILES string of the molecule is O=C1CCCC(OCC(F)(F)F)C1. The highest BCUT2D eigenvalue weighted by molar-refractivity contribution is 5.79. The molecule has 1 rings (SSSR count). The van der Waals surface area contributed by atoms with Crippen LogP contribution in [-0.2, 0) is 9.53 Å². The lowest BCUT2D eigenvalue weighted by molar-refractivity contribution is -0.188. The number of carbonyl (C=O) groups is 1. The second-order valence-corrected chi connectivity index (χ2v) is 3.18. The maximum atomic E-state index is 11.7. The minimum Gasteiger partial charge on any atom is -0.368 e. The van der Waals surface area contributed by atoms with Gasteiger partial charge in [0.2, 0.25) is 0 Å². The first kappa shape index (κ1) is 10.5. The van der Waals surface area contributed by atoms with Crippen LogP contribution >= 0.6 is 0 Å². The van der Waals surface area contributed by atoms with Gasteiger partial charge in [0.1, 0.15) is 12.4 Å². The summed E-state index contributed by atoms with van der Waals surface area (Å²) in [4.78, 5) is 10.8. The molecule has 0 radical (unpaired) electrons. The van der Waals surface area contributed by atoms with Gasteiger partial charge in [-0.1, -0.05) is 0 Å². The zero-order chi connectivity index (χ0) is 9.90. The van der Waals surface area contributed by atoms with Crippen LogP contribution < -0.4 is 0 Å². The van der Waals surface area contributed by atoms with Gasteiger partial charge >= 0.3 is 6.18 Å². The normalized spacial score (nSPS) is 24.8. The van der Waals surface area contributed by atoms with Gasteiger partial charge in [-0.2, -0.15) is 13.2 Å². The van der Waals surface area contributed by atoms with Gasteiger partial charge in [-0.3, -0.25) is 4.79 Å². The fraction of sp³-hybridized carbons (Fsp3) is 0.875. The van der Waals surface area contributed by atoms with Gasteiger partial charge in [-0.05, 0) is 12.8 Å². The molecule has 0 aliphatic heterocycles. The summed E-state index contributed by atoms with van der Waals surface area (Å²) in [5.74, 6) is -0.00146. The zero-order valence-corrected chi connectivity index (χ0v) is 7.06. The van der Waals surface area contributed by atoms with E-state index < -0.39 is 18.9 Å². The van der Waals surface area contributed by atoms with Crippen molar-refractivity contribution in [2.45, 2.75) is 38.0 Å². The highest BCUT2D eigenvalue weighted by Crippen LogP contribution is 2.21. The first-order valence-electron chi connectivity index (χ1n) is 4.17. The van der Waals surface area contributed by atoms with Crippen LogP contribution in [-0.4, -0.2) is 24.7 Å². The molecule has 0 aromatic heterocycles. The van der Waals surface area contributed by atoms with Gasteiger partial charge in [-0.15, -0.1) is 0 Å². The molecule has 0 saturated heterocycles. The van der Waals surface area contributed by atoms with E-state index in [0.717, 1.165) is 0 Å². The van der Waals surface area contributed by atoms with Gasteiger partial charge in [0.25, 0.3) is 0 Å².